The van der Waals surface area contributed by atoms with Crippen LogP contribution in [0, 0.1) is 0 Å². The Kier molecular flexibility index (Phi) is 3.05. The molecule has 0 aliphatic carbocycles. The molecule has 3 nitrogen and oxygen atoms in total. The summed E-state index contributed by atoms with van der Waals surface area (Å²) in [5, 5.41) is 5.60. The van der Waals surface area contributed by atoms with Gasteiger partial charge in [-0.3, -0.25) is 0 Å². The molecular weight excluding hydrogens is 234 g/mol. The minimum absolute atomic E-state index is 0.114. The molecule has 0 saturated heterocycles. The van der Waals surface area contributed by atoms with Crippen LogP contribution in [0.3, 0.4) is 0 Å². The number of aromatic nitrogens is 2. The third-order valence-electron chi connectivity index (χ3n) is 3.48. The van der Waals surface area contributed by atoms with Gasteiger partial charge in [-0.05, 0) is 30.2 Å². The minimum atomic E-state index is 0.114. The van der Waals surface area contributed by atoms with Crippen molar-refractivity contribution in [1.82, 2.24) is 9.78 Å². The van der Waals surface area contributed by atoms with Crippen LogP contribution in [0.2, 0.25) is 0 Å². The van der Waals surface area contributed by atoms with Crippen molar-refractivity contribution in [1.29, 1.82) is 0 Å². The van der Waals surface area contributed by atoms with E-state index in [9.17, 15) is 0 Å². The van der Waals surface area contributed by atoms with Crippen LogP contribution in [0.1, 0.15) is 24.9 Å². The predicted molar refractivity (Wildman–Crippen MR) is 78.3 cm³/mol. The standard InChI is InChI=1S/C16H17N3/c1-2-15(17)12-7-9-14(10-8-12)19-16-6-4-3-5-13(16)11-18-19/h3-11,15H,2,17H2,1H3/t15-/m1/s1. The summed E-state index contributed by atoms with van der Waals surface area (Å²) in [5.74, 6) is 0. The Labute approximate surface area is 112 Å². The van der Waals surface area contributed by atoms with Crippen LogP contribution in [0.5, 0.6) is 0 Å². The molecule has 0 fully saturated rings. The van der Waals surface area contributed by atoms with Crippen LogP contribution in [0.4, 0.5) is 0 Å². The van der Waals surface area contributed by atoms with E-state index >= 15 is 0 Å². The molecule has 3 heteroatoms. The number of rotatable bonds is 3. The molecule has 0 aliphatic rings. The summed E-state index contributed by atoms with van der Waals surface area (Å²) in [7, 11) is 0. The molecule has 1 atom stereocenters. The normalized spacial score (nSPS) is 12.7. The van der Waals surface area contributed by atoms with E-state index in [2.05, 4.69) is 48.4 Å². The van der Waals surface area contributed by atoms with Crippen molar-refractivity contribution in [2.24, 2.45) is 5.73 Å². The molecule has 0 spiro atoms. The lowest BCUT2D eigenvalue weighted by molar-refractivity contribution is 0.698. The molecule has 3 aromatic rings. The number of benzene rings is 2. The van der Waals surface area contributed by atoms with Gasteiger partial charge in [0.2, 0.25) is 0 Å². The van der Waals surface area contributed by atoms with Crippen LogP contribution in [0.25, 0.3) is 16.6 Å². The maximum atomic E-state index is 6.03. The first-order valence-corrected chi connectivity index (χ1v) is 6.58. The topological polar surface area (TPSA) is 43.8 Å². The highest BCUT2D eigenvalue weighted by atomic mass is 15.3. The Balaban J connectivity index is 2.02. The number of fused-ring (bicyclic) bond motifs is 1. The van der Waals surface area contributed by atoms with Crippen molar-refractivity contribution < 1.29 is 0 Å². The zero-order valence-electron chi connectivity index (χ0n) is 11.0. The lowest BCUT2D eigenvalue weighted by Crippen LogP contribution is -2.08. The molecule has 0 radical (unpaired) electrons. The van der Waals surface area contributed by atoms with Gasteiger partial charge in [-0.2, -0.15) is 5.10 Å². The quantitative estimate of drug-likeness (QED) is 0.775. The first-order valence-electron chi connectivity index (χ1n) is 6.58. The monoisotopic (exact) mass is 251 g/mol. The van der Waals surface area contributed by atoms with Gasteiger partial charge in [0.05, 0.1) is 17.4 Å². The molecule has 2 N–H and O–H groups in total. The molecule has 0 unspecified atom stereocenters. The van der Waals surface area contributed by atoms with Crippen molar-refractivity contribution >= 4 is 10.9 Å². The number of hydrogen-bond donors (Lipinski definition) is 1. The second-order valence-electron chi connectivity index (χ2n) is 4.72. The number of para-hydroxylation sites is 1. The van der Waals surface area contributed by atoms with E-state index < -0.39 is 0 Å². The summed E-state index contributed by atoms with van der Waals surface area (Å²) < 4.78 is 1.95. The van der Waals surface area contributed by atoms with Crippen LogP contribution in [-0.4, -0.2) is 9.78 Å². The largest absolute Gasteiger partial charge is 0.324 e. The molecule has 96 valence electrons. The first-order chi connectivity index (χ1) is 9.29. The van der Waals surface area contributed by atoms with Crippen molar-refractivity contribution in [3.8, 4) is 5.69 Å². The lowest BCUT2D eigenvalue weighted by Gasteiger charge is -2.10. The van der Waals surface area contributed by atoms with Crippen molar-refractivity contribution in [3.05, 3.63) is 60.3 Å². The fourth-order valence-electron chi connectivity index (χ4n) is 2.28. The Morgan fingerprint density at radius 2 is 1.84 bits per heavy atom. The summed E-state index contributed by atoms with van der Waals surface area (Å²) in [6, 6.07) is 16.6. The number of nitrogens with zero attached hydrogens (tertiary/aromatic N) is 2. The van der Waals surface area contributed by atoms with E-state index in [1.807, 2.05) is 23.0 Å². The highest BCUT2D eigenvalue weighted by Crippen LogP contribution is 2.20. The van der Waals surface area contributed by atoms with E-state index in [1.54, 1.807) is 0 Å². The van der Waals surface area contributed by atoms with E-state index in [1.165, 1.54) is 5.56 Å². The van der Waals surface area contributed by atoms with Crippen LogP contribution < -0.4 is 5.73 Å². The average Bonchev–Trinajstić information content (AvgIpc) is 2.90. The molecule has 19 heavy (non-hydrogen) atoms. The lowest BCUT2D eigenvalue weighted by atomic mass is 10.1. The molecule has 2 aromatic carbocycles. The SMILES string of the molecule is CC[C@@H](N)c1ccc(-n2ncc3ccccc32)cc1. The maximum absolute atomic E-state index is 6.03. The summed E-state index contributed by atoms with van der Waals surface area (Å²) >= 11 is 0. The van der Waals surface area contributed by atoms with Crippen LogP contribution in [-0.2, 0) is 0 Å². The maximum Gasteiger partial charge on any atom is 0.0741 e. The van der Waals surface area contributed by atoms with E-state index in [4.69, 9.17) is 5.73 Å². The number of nitrogens with two attached hydrogens (primary N) is 1. The van der Waals surface area contributed by atoms with Gasteiger partial charge in [0, 0.05) is 11.4 Å². The van der Waals surface area contributed by atoms with E-state index in [-0.39, 0.29) is 6.04 Å². The molecule has 0 bridgehead atoms. The van der Waals surface area contributed by atoms with E-state index in [0.29, 0.717) is 0 Å². The molecule has 1 aromatic heterocycles. The van der Waals surface area contributed by atoms with Gasteiger partial charge in [-0.1, -0.05) is 37.3 Å². The average molecular weight is 251 g/mol. The van der Waals surface area contributed by atoms with Gasteiger partial charge in [0.15, 0.2) is 0 Å². The second-order valence-corrected chi connectivity index (χ2v) is 4.72. The molecule has 3 rings (SSSR count). The summed E-state index contributed by atoms with van der Waals surface area (Å²) in [6.07, 6.45) is 2.84. The van der Waals surface area contributed by atoms with Crippen molar-refractivity contribution in [3.63, 3.8) is 0 Å². The zero-order valence-corrected chi connectivity index (χ0v) is 11.0. The summed E-state index contributed by atoms with van der Waals surface area (Å²) in [4.78, 5) is 0. The van der Waals surface area contributed by atoms with Crippen LogP contribution in [0.15, 0.2) is 54.7 Å². The summed E-state index contributed by atoms with van der Waals surface area (Å²) in [5.41, 5.74) is 9.38. The van der Waals surface area contributed by atoms with Gasteiger partial charge in [-0.25, -0.2) is 4.68 Å². The third-order valence-corrected chi connectivity index (χ3v) is 3.48. The smallest absolute Gasteiger partial charge is 0.0741 e. The molecule has 0 saturated carbocycles. The molecule has 0 amide bonds. The number of hydrogen-bond acceptors (Lipinski definition) is 2. The van der Waals surface area contributed by atoms with Gasteiger partial charge in [-0.15, -0.1) is 0 Å². The molecule has 0 aliphatic heterocycles. The Hall–Kier alpha value is -2.13. The molecular formula is C16H17N3. The van der Waals surface area contributed by atoms with Crippen molar-refractivity contribution in [2.75, 3.05) is 0 Å². The van der Waals surface area contributed by atoms with E-state index in [0.717, 1.165) is 23.0 Å². The van der Waals surface area contributed by atoms with Crippen LogP contribution >= 0.6 is 0 Å². The van der Waals surface area contributed by atoms with Gasteiger partial charge in [0.25, 0.3) is 0 Å². The first kappa shape index (κ1) is 11.9. The highest BCUT2D eigenvalue weighted by molar-refractivity contribution is 5.80. The Morgan fingerprint density at radius 1 is 1.11 bits per heavy atom. The predicted octanol–water partition coefficient (Wildman–Crippen LogP) is 3.44. The minimum Gasteiger partial charge on any atom is -0.324 e. The fourth-order valence-corrected chi connectivity index (χ4v) is 2.28. The second kappa shape index (κ2) is 4.86. The highest BCUT2D eigenvalue weighted by Gasteiger charge is 2.06. The Bertz CT molecular complexity index is 683. The van der Waals surface area contributed by atoms with Crippen molar-refractivity contribution in [2.45, 2.75) is 19.4 Å². The van der Waals surface area contributed by atoms with Gasteiger partial charge >= 0.3 is 0 Å². The Morgan fingerprint density at radius 3 is 2.58 bits per heavy atom. The molecule has 1 heterocycles. The zero-order chi connectivity index (χ0) is 13.2. The van der Waals surface area contributed by atoms with Gasteiger partial charge < -0.3 is 5.73 Å². The third kappa shape index (κ3) is 2.13. The summed E-state index contributed by atoms with van der Waals surface area (Å²) in [6.45, 7) is 2.10. The fraction of sp³-hybridized carbons (Fsp3) is 0.188. The van der Waals surface area contributed by atoms with Gasteiger partial charge in [0.1, 0.15) is 0 Å².